The van der Waals surface area contributed by atoms with Crippen LogP contribution in [0.15, 0.2) is 35.2 Å². The fourth-order valence-electron chi connectivity index (χ4n) is 3.48. The summed E-state index contributed by atoms with van der Waals surface area (Å²) in [6.07, 6.45) is 0. The van der Waals surface area contributed by atoms with E-state index in [0.717, 1.165) is 21.3 Å². The van der Waals surface area contributed by atoms with Crippen LogP contribution in [0.25, 0.3) is 0 Å². The highest BCUT2D eigenvalue weighted by Crippen LogP contribution is 2.21. The molecule has 1 aromatic heterocycles. The van der Waals surface area contributed by atoms with E-state index in [1.807, 2.05) is 32.3 Å². The standard InChI is InChI=1S/C22H30N2O6S/c1-15-7-9-19(10-8-15)31(27,28)23(5)12-22(26)30-14-21(25)20-11-16(2)24(18(20)4)17(3)13-29-6/h7-11,17H,12-14H2,1-6H3. The summed E-state index contributed by atoms with van der Waals surface area (Å²) in [5.74, 6) is -1.14. The fraction of sp³-hybridized carbons (Fsp3) is 0.455. The molecule has 31 heavy (non-hydrogen) atoms. The summed E-state index contributed by atoms with van der Waals surface area (Å²) in [5, 5.41) is 0. The minimum atomic E-state index is -3.83. The van der Waals surface area contributed by atoms with Crippen LogP contribution in [-0.2, 0) is 24.3 Å². The van der Waals surface area contributed by atoms with Gasteiger partial charge in [-0.25, -0.2) is 8.42 Å². The molecule has 1 aromatic carbocycles. The molecule has 1 atom stereocenters. The van der Waals surface area contributed by atoms with E-state index in [1.165, 1.54) is 19.2 Å². The summed E-state index contributed by atoms with van der Waals surface area (Å²) in [6, 6.07) is 8.14. The maximum absolute atomic E-state index is 12.6. The first-order valence-corrected chi connectivity index (χ1v) is 11.3. The first kappa shape index (κ1) is 24.8. The third kappa shape index (κ3) is 5.81. The zero-order chi connectivity index (χ0) is 23.3. The molecule has 0 aliphatic carbocycles. The number of carbonyl (C=O) groups is 2. The lowest BCUT2D eigenvalue weighted by Crippen LogP contribution is -2.33. The lowest BCUT2D eigenvalue weighted by atomic mass is 10.1. The van der Waals surface area contributed by atoms with E-state index in [-0.39, 0.29) is 16.7 Å². The number of nitrogens with zero attached hydrogens (tertiary/aromatic N) is 2. The van der Waals surface area contributed by atoms with E-state index in [4.69, 9.17) is 9.47 Å². The Balaban J connectivity index is 2.00. The normalized spacial score (nSPS) is 12.7. The molecule has 0 aliphatic rings. The van der Waals surface area contributed by atoms with Gasteiger partial charge in [-0.05, 0) is 45.9 Å². The molecule has 9 heteroatoms. The molecule has 2 aromatic rings. The Kier molecular flexibility index (Phi) is 8.16. The second kappa shape index (κ2) is 10.2. The van der Waals surface area contributed by atoms with E-state index in [2.05, 4.69) is 0 Å². The summed E-state index contributed by atoms with van der Waals surface area (Å²) in [7, 11) is -0.921. The quantitative estimate of drug-likeness (QED) is 0.408. The molecule has 2 rings (SSSR count). The van der Waals surface area contributed by atoms with Crippen LogP contribution < -0.4 is 0 Å². The SMILES string of the molecule is COCC(C)n1c(C)cc(C(=O)COC(=O)CN(C)S(=O)(=O)c2ccc(C)cc2)c1C. The molecule has 1 heterocycles. The second-order valence-electron chi connectivity index (χ2n) is 7.62. The number of hydrogen-bond donors (Lipinski definition) is 0. The van der Waals surface area contributed by atoms with Crippen LogP contribution in [0.4, 0.5) is 0 Å². The number of benzene rings is 1. The van der Waals surface area contributed by atoms with Crippen molar-refractivity contribution in [3.63, 3.8) is 0 Å². The second-order valence-corrected chi connectivity index (χ2v) is 9.66. The van der Waals surface area contributed by atoms with Gasteiger partial charge in [-0.1, -0.05) is 17.7 Å². The summed E-state index contributed by atoms with van der Waals surface area (Å²) in [4.78, 5) is 24.9. The highest BCUT2D eigenvalue weighted by molar-refractivity contribution is 7.89. The molecule has 0 spiro atoms. The van der Waals surface area contributed by atoms with Crippen molar-refractivity contribution in [1.82, 2.24) is 8.87 Å². The molecule has 170 valence electrons. The third-order valence-corrected chi connectivity index (χ3v) is 6.90. The van der Waals surface area contributed by atoms with Gasteiger partial charge >= 0.3 is 5.97 Å². The molecule has 0 fully saturated rings. The lowest BCUT2D eigenvalue weighted by Gasteiger charge is -2.18. The predicted octanol–water partition coefficient (Wildman–Crippen LogP) is 2.67. The number of carbonyl (C=O) groups excluding carboxylic acids is 2. The van der Waals surface area contributed by atoms with Gasteiger partial charge in [0, 0.05) is 31.1 Å². The maximum atomic E-state index is 12.6. The van der Waals surface area contributed by atoms with Gasteiger partial charge in [-0.2, -0.15) is 4.31 Å². The smallest absolute Gasteiger partial charge is 0.321 e. The number of hydrogen-bond acceptors (Lipinski definition) is 6. The van der Waals surface area contributed by atoms with E-state index in [1.54, 1.807) is 25.3 Å². The summed E-state index contributed by atoms with van der Waals surface area (Å²) in [5.41, 5.74) is 3.06. The number of aromatic nitrogens is 1. The first-order chi connectivity index (χ1) is 14.5. The van der Waals surface area contributed by atoms with Crippen molar-refractivity contribution in [2.45, 2.75) is 38.6 Å². The number of aryl methyl sites for hydroxylation is 2. The van der Waals surface area contributed by atoms with Crippen molar-refractivity contribution in [3.8, 4) is 0 Å². The molecule has 0 amide bonds. The Labute approximate surface area is 183 Å². The molecule has 8 nitrogen and oxygen atoms in total. The van der Waals surface area contributed by atoms with Crippen molar-refractivity contribution >= 4 is 21.8 Å². The summed E-state index contributed by atoms with van der Waals surface area (Å²) >= 11 is 0. The van der Waals surface area contributed by atoms with Crippen molar-refractivity contribution in [3.05, 3.63) is 52.8 Å². The van der Waals surface area contributed by atoms with Gasteiger partial charge in [0.25, 0.3) is 0 Å². The van der Waals surface area contributed by atoms with Gasteiger partial charge in [0.1, 0.15) is 6.54 Å². The summed E-state index contributed by atoms with van der Waals surface area (Å²) < 4.78 is 38.3. The van der Waals surface area contributed by atoms with Crippen molar-refractivity contribution in [2.75, 3.05) is 33.9 Å². The molecule has 0 radical (unpaired) electrons. The van der Waals surface area contributed by atoms with Crippen LogP contribution in [0, 0.1) is 20.8 Å². The minimum absolute atomic E-state index is 0.0507. The number of likely N-dealkylation sites (N-methyl/N-ethyl adjacent to an activating group) is 1. The Morgan fingerprint density at radius 1 is 1.13 bits per heavy atom. The van der Waals surface area contributed by atoms with E-state index in [9.17, 15) is 18.0 Å². The van der Waals surface area contributed by atoms with Crippen molar-refractivity contribution < 1.29 is 27.5 Å². The van der Waals surface area contributed by atoms with Crippen LogP contribution >= 0.6 is 0 Å². The highest BCUT2D eigenvalue weighted by Gasteiger charge is 2.25. The van der Waals surface area contributed by atoms with Crippen LogP contribution in [0.3, 0.4) is 0 Å². The number of ketones is 1. The number of sulfonamides is 1. The molecule has 1 unspecified atom stereocenters. The topological polar surface area (TPSA) is 94.9 Å². The van der Waals surface area contributed by atoms with Gasteiger partial charge < -0.3 is 14.0 Å². The summed E-state index contributed by atoms with van der Waals surface area (Å²) in [6.45, 7) is 7.11. The Hall–Kier alpha value is -2.49. The maximum Gasteiger partial charge on any atom is 0.321 e. The van der Waals surface area contributed by atoms with Gasteiger partial charge in [-0.15, -0.1) is 0 Å². The Morgan fingerprint density at radius 3 is 2.32 bits per heavy atom. The van der Waals surface area contributed by atoms with E-state index >= 15 is 0 Å². The minimum Gasteiger partial charge on any atom is -0.456 e. The number of rotatable bonds is 10. The van der Waals surface area contributed by atoms with Crippen LogP contribution in [0.1, 0.15) is 40.3 Å². The first-order valence-electron chi connectivity index (χ1n) is 9.88. The molecule has 0 aliphatic heterocycles. The third-order valence-electron chi connectivity index (χ3n) is 5.08. The molecule has 0 saturated carbocycles. The lowest BCUT2D eigenvalue weighted by molar-refractivity contribution is -0.142. The number of Topliss-reactive ketones (excluding diaryl/α,β-unsaturated/α-hetero) is 1. The average Bonchev–Trinajstić information content (AvgIpc) is 3.00. The molecule has 0 bridgehead atoms. The van der Waals surface area contributed by atoms with Crippen LogP contribution in [0.2, 0.25) is 0 Å². The molecule has 0 saturated heterocycles. The molecular weight excluding hydrogens is 420 g/mol. The van der Waals surface area contributed by atoms with Crippen molar-refractivity contribution in [2.24, 2.45) is 0 Å². The fourth-order valence-corrected chi connectivity index (χ4v) is 4.60. The zero-order valence-corrected chi connectivity index (χ0v) is 19.7. The van der Waals surface area contributed by atoms with E-state index < -0.39 is 29.1 Å². The van der Waals surface area contributed by atoms with Gasteiger partial charge in [0.15, 0.2) is 6.61 Å². The Bertz CT molecular complexity index is 1040. The van der Waals surface area contributed by atoms with E-state index in [0.29, 0.717) is 12.2 Å². The Morgan fingerprint density at radius 2 is 1.74 bits per heavy atom. The largest absolute Gasteiger partial charge is 0.456 e. The zero-order valence-electron chi connectivity index (χ0n) is 18.8. The molecular formula is C22H30N2O6S. The molecule has 0 N–H and O–H groups in total. The van der Waals surface area contributed by atoms with Gasteiger partial charge in [-0.3, -0.25) is 9.59 Å². The number of ether oxygens (including phenoxy) is 2. The van der Waals surface area contributed by atoms with Crippen molar-refractivity contribution in [1.29, 1.82) is 0 Å². The predicted molar refractivity (Wildman–Crippen MR) is 117 cm³/mol. The van der Waals surface area contributed by atoms with Gasteiger partial charge in [0.2, 0.25) is 15.8 Å². The van der Waals surface area contributed by atoms with Crippen LogP contribution in [-0.4, -0.2) is 63.0 Å². The van der Waals surface area contributed by atoms with Gasteiger partial charge in [0.05, 0.1) is 17.5 Å². The monoisotopic (exact) mass is 450 g/mol. The van der Waals surface area contributed by atoms with Crippen LogP contribution in [0.5, 0.6) is 0 Å². The number of methoxy groups -OCH3 is 1. The highest BCUT2D eigenvalue weighted by atomic mass is 32.2. The number of esters is 1. The average molecular weight is 451 g/mol.